The summed E-state index contributed by atoms with van der Waals surface area (Å²) in [5.74, 6) is 1.03. The first-order valence-corrected chi connectivity index (χ1v) is 11.2. The molecule has 5 rings (SSSR count). The Labute approximate surface area is 196 Å². The van der Waals surface area contributed by atoms with E-state index in [0.29, 0.717) is 40.3 Å². The van der Waals surface area contributed by atoms with Gasteiger partial charge in [-0.2, -0.15) is 10.2 Å². The van der Waals surface area contributed by atoms with E-state index in [1.54, 1.807) is 25.1 Å². The lowest BCUT2D eigenvalue weighted by Crippen LogP contribution is -2.39. The lowest BCUT2D eigenvalue weighted by Gasteiger charge is -2.26. The molecule has 0 spiro atoms. The van der Waals surface area contributed by atoms with E-state index >= 15 is 0 Å². The molecule has 1 N–H and O–H groups in total. The van der Waals surface area contributed by atoms with E-state index in [0.717, 1.165) is 38.4 Å². The molecule has 1 aliphatic heterocycles. The van der Waals surface area contributed by atoms with Gasteiger partial charge in [0.15, 0.2) is 11.0 Å². The summed E-state index contributed by atoms with van der Waals surface area (Å²) in [7, 11) is 0. The summed E-state index contributed by atoms with van der Waals surface area (Å²) in [4.78, 5) is 19.8. The molecule has 0 atom stereocenters. The third kappa shape index (κ3) is 4.19. The zero-order valence-electron chi connectivity index (χ0n) is 18.8. The zero-order chi connectivity index (χ0) is 23.5. The van der Waals surface area contributed by atoms with Crippen LogP contribution in [0.3, 0.4) is 0 Å². The molecule has 1 fully saturated rings. The Morgan fingerprint density at radius 3 is 2.65 bits per heavy atom. The van der Waals surface area contributed by atoms with Crippen LogP contribution in [0, 0.1) is 18.3 Å². The Hall–Kier alpha value is -3.93. The minimum atomic E-state index is -0.113. The number of nitrogens with one attached hydrogen (secondary N) is 1. The molecule has 8 heteroatoms. The predicted molar refractivity (Wildman–Crippen MR) is 129 cm³/mol. The quantitative estimate of drug-likeness (QED) is 0.464. The van der Waals surface area contributed by atoms with Gasteiger partial charge < -0.3 is 18.9 Å². The number of nitrogens with zero attached hydrogens (tertiary/aromatic N) is 3. The first-order chi connectivity index (χ1) is 16.7. The fourth-order valence-corrected chi connectivity index (χ4v) is 4.13. The lowest BCUT2D eigenvalue weighted by molar-refractivity contribution is 0.0398. The second-order valence-corrected chi connectivity index (χ2v) is 8.12. The van der Waals surface area contributed by atoms with E-state index in [9.17, 15) is 10.1 Å². The number of anilines is 1. The number of fused-ring (bicyclic) bond motifs is 1. The number of oxazole rings is 1. The highest BCUT2D eigenvalue weighted by atomic mass is 16.5. The maximum atomic E-state index is 13.1. The van der Waals surface area contributed by atoms with Gasteiger partial charge in [0.2, 0.25) is 17.5 Å². The first-order valence-electron chi connectivity index (χ1n) is 11.2. The van der Waals surface area contributed by atoms with Gasteiger partial charge in [-0.3, -0.25) is 9.69 Å². The highest BCUT2D eigenvalue weighted by Gasteiger charge is 2.21. The van der Waals surface area contributed by atoms with Crippen LogP contribution in [0.2, 0.25) is 0 Å². The average Bonchev–Trinajstić information content (AvgIpc) is 3.30. The van der Waals surface area contributed by atoms with Crippen molar-refractivity contribution in [2.24, 2.45) is 0 Å². The average molecular weight is 457 g/mol. The summed E-state index contributed by atoms with van der Waals surface area (Å²) in [6, 6.07) is 16.8. The van der Waals surface area contributed by atoms with Crippen molar-refractivity contribution in [1.82, 2.24) is 9.88 Å². The van der Waals surface area contributed by atoms with Crippen molar-refractivity contribution in [3.8, 4) is 28.8 Å². The molecule has 0 radical (unpaired) electrons. The van der Waals surface area contributed by atoms with Gasteiger partial charge in [-0.15, -0.1) is 0 Å². The van der Waals surface area contributed by atoms with Gasteiger partial charge in [-0.25, -0.2) is 0 Å². The number of hydrogen-bond acceptors (Lipinski definition) is 8. The smallest absolute Gasteiger partial charge is 0.233 e. The molecule has 8 nitrogen and oxygen atoms in total. The molecule has 4 aromatic rings. The summed E-state index contributed by atoms with van der Waals surface area (Å²) in [6.07, 6.45) is 0. The Bertz CT molecular complexity index is 1410. The molecular formula is C26H24N4O4. The van der Waals surface area contributed by atoms with Crippen LogP contribution in [0.25, 0.3) is 33.7 Å². The number of nitriles is 1. The minimum absolute atomic E-state index is 0.113. The van der Waals surface area contributed by atoms with Crippen LogP contribution in [0.15, 0.2) is 62.2 Å². The normalized spacial score (nSPS) is 14.2. The Balaban J connectivity index is 1.51. The summed E-state index contributed by atoms with van der Waals surface area (Å²) < 4.78 is 17.6. The van der Waals surface area contributed by atoms with E-state index < -0.39 is 0 Å². The first kappa shape index (κ1) is 21.9. The van der Waals surface area contributed by atoms with Crippen molar-refractivity contribution in [1.29, 1.82) is 5.26 Å². The van der Waals surface area contributed by atoms with Gasteiger partial charge in [0, 0.05) is 37.3 Å². The van der Waals surface area contributed by atoms with Gasteiger partial charge in [-0.1, -0.05) is 36.4 Å². The van der Waals surface area contributed by atoms with Gasteiger partial charge in [0.1, 0.15) is 11.8 Å². The number of morpholine rings is 1. The summed E-state index contributed by atoms with van der Waals surface area (Å²) >= 11 is 0. The third-order valence-electron chi connectivity index (χ3n) is 5.96. The molecule has 0 saturated carbocycles. The second-order valence-electron chi connectivity index (χ2n) is 8.12. The molecule has 1 aliphatic rings. The van der Waals surface area contributed by atoms with Gasteiger partial charge in [0.25, 0.3) is 0 Å². The van der Waals surface area contributed by atoms with Crippen LogP contribution >= 0.6 is 0 Å². The molecule has 0 aliphatic carbocycles. The molecule has 1 saturated heterocycles. The minimum Gasteiger partial charge on any atom is -0.455 e. The van der Waals surface area contributed by atoms with Crippen LogP contribution in [0.1, 0.15) is 11.3 Å². The van der Waals surface area contributed by atoms with Gasteiger partial charge in [0.05, 0.1) is 24.2 Å². The zero-order valence-corrected chi connectivity index (χ0v) is 18.8. The predicted octanol–water partition coefficient (Wildman–Crippen LogP) is 4.04. The Kier molecular flexibility index (Phi) is 6.12. The Morgan fingerprint density at radius 1 is 1.09 bits per heavy atom. The van der Waals surface area contributed by atoms with E-state index in [1.807, 2.05) is 30.3 Å². The highest BCUT2D eigenvalue weighted by molar-refractivity contribution is 5.91. The summed E-state index contributed by atoms with van der Waals surface area (Å²) in [6.45, 7) is 6.38. The van der Waals surface area contributed by atoms with Crippen LogP contribution in [0.5, 0.6) is 0 Å². The maximum Gasteiger partial charge on any atom is 0.233 e. The molecule has 0 amide bonds. The molecule has 172 valence electrons. The van der Waals surface area contributed by atoms with Crippen molar-refractivity contribution in [3.05, 3.63) is 70.0 Å². The van der Waals surface area contributed by atoms with Crippen molar-refractivity contribution in [2.75, 3.05) is 44.7 Å². The number of benzene rings is 2. The molecule has 2 aromatic carbocycles. The van der Waals surface area contributed by atoms with E-state index in [4.69, 9.17) is 13.6 Å². The molecule has 0 bridgehead atoms. The fourth-order valence-electron chi connectivity index (χ4n) is 4.13. The Morgan fingerprint density at radius 2 is 1.88 bits per heavy atom. The topological polar surface area (TPSA) is 105 Å². The maximum absolute atomic E-state index is 13.1. The van der Waals surface area contributed by atoms with Gasteiger partial charge >= 0.3 is 0 Å². The lowest BCUT2D eigenvalue weighted by atomic mass is 10.0. The summed E-state index contributed by atoms with van der Waals surface area (Å²) in [5, 5.41) is 13.2. The van der Waals surface area contributed by atoms with Crippen molar-refractivity contribution in [2.45, 2.75) is 6.92 Å². The number of aromatic nitrogens is 1. The standard InChI is InChI=1S/C26H24N4O4/c1-17-22(31)19-8-5-9-20(24(19)33-23(17)18-6-3-2-4-7-18)25-29-21(16-27)26(34-25)28-10-11-30-12-14-32-15-13-30/h2-9,28H,10-15H2,1H3. The van der Waals surface area contributed by atoms with Crippen molar-refractivity contribution in [3.63, 3.8) is 0 Å². The molecule has 0 unspecified atom stereocenters. The molecule has 2 aromatic heterocycles. The van der Waals surface area contributed by atoms with E-state index in [2.05, 4.69) is 21.3 Å². The highest BCUT2D eigenvalue weighted by Crippen LogP contribution is 2.33. The largest absolute Gasteiger partial charge is 0.455 e. The van der Waals surface area contributed by atoms with Crippen LogP contribution in [0.4, 0.5) is 5.88 Å². The molecular weight excluding hydrogens is 432 g/mol. The van der Waals surface area contributed by atoms with Crippen LogP contribution in [-0.4, -0.2) is 49.3 Å². The monoisotopic (exact) mass is 456 g/mol. The SMILES string of the molecule is Cc1c(-c2ccccc2)oc2c(-c3nc(C#N)c(NCCN4CCOCC4)o3)cccc2c1=O. The third-order valence-corrected chi connectivity index (χ3v) is 5.96. The number of ether oxygens (including phenoxy) is 1. The van der Waals surface area contributed by atoms with Crippen LogP contribution < -0.4 is 10.7 Å². The second kappa shape index (κ2) is 9.51. The van der Waals surface area contributed by atoms with Crippen molar-refractivity contribution >= 4 is 16.9 Å². The fraction of sp³-hybridized carbons (Fsp3) is 0.269. The van der Waals surface area contributed by atoms with E-state index in [1.165, 1.54) is 0 Å². The molecule has 3 heterocycles. The van der Waals surface area contributed by atoms with Crippen LogP contribution in [-0.2, 0) is 4.74 Å². The van der Waals surface area contributed by atoms with Crippen molar-refractivity contribution < 1.29 is 13.6 Å². The van der Waals surface area contributed by atoms with Gasteiger partial charge in [-0.05, 0) is 19.1 Å². The summed E-state index contributed by atoms with van der Waals surface area (Å²) in [5.41, 5.74) is 2.28. The van der Waals surface area contributed by atoms with E-state index in [-0.39, 0.29) is 17.0 Å². The number of hydrogen-bond donors (Lipinski definition) is 1. The number of para-hydroxylation sites is 1. The molecule has 34 heavy (non-hydrogen) atoms. The number of rotatable bonds is 6.